The van der Waals surface area contributed by atoms with Gasteiger partial charge < -0.3 is 15.0 Å². The van der Waals surface area contributed by atoms with Crippen LogP contribution in [-0.2, 0) is 4.79 Å². The van der Waals surface area contributed by atoms with Gasteiger partial charge in [0.25, 0.3) is 5.91 Å². The summed E-state index contributed by atoms with van der Waals surface area (Å²) in [6.45, 7) is 0.687. The van der Waals surface area contributed by atoms with E-state index in [1.54, 1.807) is 17.0 Å². The number of halogens is 4. The van der Waals surface area contributed by atoms with Crippen molar-refractivity contribution in [1.82, 2.24) is 19.9 Å². The first-order chi connectivity index (χ1) is 14.2. The maximum atomic E-state index is 13.4. The Hall–Kier alpha value is -3.02. The lowest BCUT2D eigenvalue weighted by molar-refractivity contribution is -0.192. The van der Waals surface area contributed by atoms with E-state index < -0.39 is 12.1 Å². The van der Waals surface area contributed by atoms with E-state index in [1.807, 2.05) is 4.90 Å². The molecule has 1 amide bonds. The summed E-state index contributed by atoms with van der Waals surface area (Å²) in [7, 11) is 0. The average molecular weight is 444 g/mol. The van der Waals surface area contributed by atoms with Gasteiger partial charge in [0.2, 0.25) is 0 Å². The Morgan fingerprint density at radius 2 is 2.00 bits per heavy atom. The number of nitrogens with one attached hydrogen (secondary N) is 1. The van der Waals surface area contributed by atoms with E-state index in [0.29, 0.717) is 29.1 Å². The number of hydrogen-bond acceptors (Lipinski definition) is 5. The first kappa shape index (κ1) is 21.7. The molecular formula is C18H16F4N4O3S. The second-order valence-corrected chi connectivity index (χ2v) is 7.19. The number of aromatic nitrogens is 3. The number of aromatic amines is 1. The Morgan fingerprint density at radius 3 is 2.63 bits per heavy atom. The van der Waals surface area contributed by atoms with Crippen LogP contribution >= 0.6 is 11.3 Å². The Balaban J connectivity index is 0.000000318. The van der Waals surface area contributed by atoms with E-state index in [-0.39, 0.29) is 17.8 Å². The average Bonchev–Trinajstić information content (AvgIpc) is 3.36. The number of imidazole rings is 1. The van der Waals surface area contributed by atoms with Crippen molar-refractivity contribution in [2.45, 2.75) is 31.5 Å². The largest absolute Gasteiger partial charge is 0.490 e. The van der Waals surface area contributed by atoms with Crippen molar-refractivity contribution in [3.63, 3.8) is 0 Å². The number of carbonyl (C=O) groups is 2. The first-order valence-electron chi connectivity index (χ1n) is 8.81. The summed E-state index contributed by atoms with van der Waals surface area (Å²) in [5.74, 6) is -2.41. The molecule has 0 saturated carbocycles. The maximum Gasteiger partial charge on any atom is 0.490 e. The van der Waals surface area contributed by atoms with E-state index >= 15 is 0 Å². The van der Waals surface area contributed by atoms with Crippen molar-refractivity contribution in [2.75, 3.05) is 6.54 Å². The van der Waals surface area contributed by atoms with Crippen LogP contribution in [-0.4, -0.2) is 49.6 Å². The highest BCUT2D eigenvalue weighted by molar-refractivity contribution is 7.07. The molecule has 1 aliphatic heterocycles. The van der Waals surface area contributed by atoms with Crippen molar-refractivity contribution in [3.8, 4) is 0 Å². The third kappa shape index (κ3) is 4.93. The molecule has 1 aliphatic rings. The molecule has 1 unspecified atom stereocenters. The summed E-state index contributed by atoms with van der Waals surface area (Å²) in [6, 6.07) is 4.36. The number of aliphatic carboxylic acids is 1. The summed E-state index contributed by atoms with van der Waals surface area (Å²) >= 11 is 1.41. The van der Waals surface area contributed by atoms with Crippen LogP contribution in [0.5, 0.6) is 0 Å². The molecule has 4 rings (SSSR count). The summed E-state index contributed by atoms with van der Waals surface area (Å²) in [5, 5.41) is 8.89. The minimum Gasteiger partial charge on any atom is -0.475 e. The molecule has 0 radical (unpaired) electrons. The number of carboxylic acids is 1. The lowest BCUT2D eigenvalue weighted by Crippen LogP contribution is -2.39. The molecule has 12 heteroatoms. The molecule has 1 aromatic carbocycles. The second kappa shape index (κ2) is 8.78. The number of fused-ring (bicyclic) bond motifs is 1. The zero-order valence-corrected chi connectivity index (χ0v) is 16.1. The molecule has 0 bridgehead atoms. The van der Waals surface area contributed by atoms with Crippen LogP contribution in [0.3, 0.4) is 0 Å². The van der Waals surface area contributed by atoms with E-state index in [4.69, 9.17) is 9.90 Å². The van der Waals surface area contributed by atoms with Crippen LogP contribution in [0.2, 0.25) is 0 Å². The quantitative estimate of drug-likeness (QED) is 0.579. The number of thiazole rings is 1. The summed E-state index contributed by atoms with van der Waals surface area (Å²) in [6.07, 6.45) is -2.23. The van der Waals surface area contributed by atoms with Crippen molar-refractivity contribution < 1.29 is 32.3 Å². The minimum atomic E-state index is -5.08. The fourth-order valence-electron chi connectivity index (χ4n) is 3.08. The van der Waals surface area contributed by atoms with Gasteiger partial charge in [-0.2, -0.15) is 13.2 Å². The molecule has 2 N–H and O–H groups in total. The van der Waals surface area contributed by atoms with Crippen molar-refractivity contribution in [1.29, 1.82) is 0 Å². The van der Waals surface area contributed by atoms with E-state index in [9.17, 15) is 22.4 Å². The molecule has 1 fully saturated rings. The van der Waals surface area contributed by atoms with Gasteiger partial charge in [0, 0.05) is 11.9 Å². The van der Waals surface area contributed by atoms with Gasteiger partial charge in [-0.15, -0.1) is 11.3 Å². The van der Waals surface area contributed by atoms with Gasteiger partial charge in [0.15, 0.2) is 0 Å². The molecule has 3 heterocycles. The topological polar surface area (TPSA) is 99.2 Å². The number of amides is 1. The predicted octanol–water partition coefficient (Wildman–Crippen LogP) is 4.16. The Bertz CT molecular complexity index is 1040. The molecule has 0 spiro atoms. The SMILES string of the molecule is O=C(O)C(F)(F)F.O=C(c1cscn1)N1CCCCC1c1nc2ccc(F)cc2[nH]1. The summed E-state index contributed by atoms with van der Waals surface area (Å²) in [5.41, 5.74) is 3.51. The monoisotopic (exact) mass is 444 g/mol. The number of piperidine rings is 1. The zero-order chi connectivity index (χ0) is 21.9. The highest BCUT2D eigenvalue weighted by Gasteiger charge is 2.38. The Kier molecular flexibility index (Phi) is 6.34. The van der Waals surface area contributed by atoms with E-state index in [2.05, 4.69) is 15.0 Å². The summed E-state index contributed by atoms with van der Waals surface area (Å²) < 4.78 is 45.1. The number of hydrogen-bond donors (Lipinski definition) is 2. The van der Waals surface area contributed by atoms with Crippen LogP contribution in [0.1, 0.15) is 41.6 Å². The fraction of sp³-hybridized carbons (Fsp3) is 0.333. The van der Waals surface area contributed by atoms with Crippen LogP contribution in [0, 0.1) is 5.82 Å². The molecule has 30 heavy (non-hydrogen) atoms. The van der Waals surface area contributed by atoms with Gasteiger partial charge >= 0.3 is 12.1 Å². The third-order valence-corrected chi connectivity index (χ3v) is 5.02. The standard InChI is InChI=1S/C16H15FN4OS.C2HF3O2/c17-10-4-5-11-12(7-10)20-15(19-11)14-3-1-2-6-21(14)16(22)13-8-23-9-18-13;3-2(4,5)1(6)7/h4-5,7-9,14H,1-3,6H2,(H,19,20);(H,6,7). The number of carbonyl (C=O) groups excluding carboxylic acids is 1. The highest BCUT2D eigenvalue weighted by Crippen LogP contribution is 2.31. The predicted molar refractivity (Wildman–Crippen MR) is 99.5 cm³/mol. The normalized spacial score (nSPS) is 16.8. The van der Waals surface area contributed by atoms with Gasteiger partial charge in [0.05, 0.1) is 22.6 Å². The van der Waals surface area contributed by atoms with Gasteiger partial charge in [-0.25, -0.2) is 19.2 Å². The van der Waals surface area contributed by atoms with Crippen LogP contribution in [0.4, 0.5) is 17.6 Å². The summed E-state index contributed by atoms with van der Waals surface area (Å²) in [4.78, 5) is 35.3. The third-order valence-electron chi connectivity index (χ3n) is 4.44. The maximum absolute atomic E-state index is 13.4. The van der Waals surface area contributed by atoms with E-state index in [0.717, 1.165) is 19.3 Å². The number of carboxylic acid groups (broad SMARTS) is 1. The number of likely N-dealkylation sites (tertiary alicyclic amines) is 1. The van der Waals surface area contributed by atoms with Crippen molar-refractivity contribution in [3.05, 3.63) is 46.4 Å². The van der Waals surface area contributed by atoms with Gasteiger partial charge in [0.1, 0.15) is 17.3 Å². The minimum absolute atomic E-state index is 0.0670. The molecular weight excluding hydrogens is 428 g/mol. The molecule has 160 valence electrons. The van der Waals surface area contributed by atoms with Crippen LogP contribution in [0.15, 0.2) is 29.1 Å². The number of H-pyrrole nitrogens is 1. The molecule has 7 nitrogen and oxygen atoms in total. The lowest BCUT2D eigenvalue weighted by Gasteiger charge is -2.34. The zero-order valence-electron chi connectivity index (χ0n) is 15.3. The molecule has 2 aromatic heterocycles. The van der Waals surface area contributed by atoms with Gasteiger partial charge in [-0.05, 0) is 37.5 Å². The lowest BCUT2D eigenvalue weighted by atomic mass is 10.0. The smallest absolute Gasteiger partial charge is 0.475 e. The van der Waals surface area contributed by atoms with E-state index in [1.165, 1.54) is 23.5 Å². The molecule has 1 atom stereocenters. The Morgan fingerprint density at radius 1 is 1.27 bits per heavy atom. The van der Waals surface area contributed by atoms with Crippen LogP contribution < -0.4 is 0 Å². The number of rotatable bonds is 2. The van der Waals surface area contributed by atoms with Gasteiger partial charge in [-0.1, -0.05) is 0 Å². The number of alkyl halides is 3. The van der Waals surface area contributed by atoms with Crippen molar-refractivity contribution in [2.24, 2.45) is 0 Å². The number of benzene rings is 1. The highest BCUT2D eigenvalue weighted by atomic mass is 32.1. The molecule has 1 saturated heterocycles. The van der Waals surface area contributed by atoms with Gasteiger partial charge in [-0.3, -0.25) is 4.79 Å². The van der Waals surface area contributed by atoms with Crippen LogP contribution in [0.25, 0.3) is 11.0 Å². The Labute approximate surface area is 171 Å². The first-order valence-corrected chi connectivity index (χ1v) is 9.75. The second-order valence-electron chi connectivity index (χ2n) is 6.47. The molecule has 3 aromatic rings. The molecule has 0 aliphatic carbocycles. The number of nitrogens with zero attached hydrogens (tertiary/aromatic N) is 3. The van der Waals surface area contributed by atoms with Crippen molar-refractivity contribution >= 4 is 34.2 Å². The fourth-order valence-corrected chi connectivity index (χ4v) is 3.61.